The number of nitrogens with zero attached hydrogens (tertiary/aromatic N) is 1. The third-order valence-electron chi connectivity index (χ3n) is 3.77. The fraction of sp³-hybridized carbons (Fsp3) is 0.250. The molecular weight excluding hydrogens is 266 g/mol. The first kappa shape index (κ1) is 13.6. The predicted molar refractivity (Wildman–Crippen MR) is 79.2 cm³/mol. The lowest BCUT2D eigenvalue weighted by molar-refractivity contribution is 0.0790. The van der Waals surface area contributed by atoms with Crippen molar-refractivity contribution in [3.05, 3.63) is 59.4 Å². The largest absolute Gasteiger partial charge is 0.367 e. The molecule has 1 aromatic heterocycles. The van der Waals surface area contributed by atoms with Gasteiger partial charge in [0.25, 0.3) is 5.91 Å². The zero-order valence-corrected chi connectivity index (χ0v) is 11.6. The van der Waals surface area contributed by atoms with Crippen LogP contribution in [0.25, 0.3) is 0 Å². The van der Waals surface area contributed by atoms with Crippen LogP contribution in [0.2, 0.25) is 0 Å². The van der Waals surface area contributed by atoms with Crippen LogP contribution in [-0.4, -0.2) is 40.7 Å². The van der Waals surface area contributed by atoms with Gasteiger partial charge in [-0.25, -0.2) is 0 Å². The Hall–Kier alpha value is -2.40. The van der Waals surface area contributed by atoms with E-state index in [1.165, 1.54) is 0 Å². The number of nitrogens with one attached hydrogen (secondary N) is 1. The summed E-state index contributed by atoms with van der Waals surface area (Å²) in [6.07, 6.45) is 4.21. The molecular formula is C16H17N3O2. The van der Waals surface area contributed by atoms with E-state index in [1.807, 2.05) is 0 Å². The van der Waals surface area contributed by atoms with Gasteiger partial charge in [-0.2, -0.15) is 0 Å². The molecule has 3 N–H and O–H groups in total. The normalized spacial score (nSPS) is 18.0. The maximum atomic E-state index is 12.3. The monoisotopic (exact) mass is 283 g/mol. The van der Waals surface area contributed by atoms with E-state index in [2.05, 4.69) is 4.98 Å². The van der Waals surface area contributed by atoms with E-state index in [0.717, 1.165) is 6.42 Å². The Morgan fingerprint density at radius 1 is 1.10 bits per heavy atom. The van der Waals surface area contributed by atoms with E-state index in [0.29, 0.717) is 29.8 Å². The van der Waals surface area contributed by atoms with Gasteiger partial charge in [-0.3, -0.25) is 9.59 Å². The topological polar surface area (TPSA) is 79.2 Å². The zero-order valence-electron chi connectivity index (χ0n) is 11.6. The van der Waals surface area contributed by atoms with Crippen LogP contribution in [0.4, 0.5) is 0 Å². The summed E-state index contributed by atoms with van der Waals surface area (Å²) < 4.78 is 0. The number of rotatable bonds is 3. The van der Waals surface area contributed by atoms with Crippen LogP contribution in [0.1, 0.15) is 32.7 Å². The molecule has 108 valence electrons. The molecule has 0 spiro atoms. The van der Waals surface area contributed by atoms with E-state index in [4.69, 9.17) is 5.73 Å². The fourth-order valence-electron chi connectivity index (χ4n) is 2.55. The summed E-state index contributed by atoms with van der Waals surface area (Å²) in [6, 6.07) is 8.59. The van der Waals surface area contributed by atoms with E-state index in [1.54, 1.807) is 47.6 Å². The number of amides is 1. The molecule has 0 saturated carbocycles. The summed E-state index contributed by atoms with van der Waals surface area (Å²) in [4.78, 5) is 29.1. The van der Waals surface area contributed by atoms with Crippen LogP contribution in [0, 0.1) is 0 Å². The number of aromatic nitrogens is 1. The first-order chi connectivity index (χ1) is 10.1. The average molecular weight is 283 g/mol. The molecule has 3 rings (SSSR count). The Morgan fingerprint density at radius 2 is 1.81 bits per heavy atom. The van der Waals surface area contributed by atoms with E-state index < -0.39 is 0 Å². The Bertz CT molecular complexity index is 647. The molecule has 21 heavy (non-hydrogen) atoms. The van der Waals surface area contributed by atoms with Crippen LogP contribution in [0.15, 0.2) is 42.7 Å². The highest BCUT2D eigenvalue weighted by Gasteiger charge is 2.24. The number of hydrogen-bond acceptors (Lipinski definition) is 3. The number of H-pyrrole nitrogens is 1. The molecule has 1 aliphatic heterocycles. The van der Waals surface area contributed by atoms with Gasteiger partial charge in [0.05, 0.1) is 0 Å². The minimum Gasteiger partial charge on any atom is -0.367 e. The maximum Gasteiger partial charge on any atom is 0.253 e. The Labute approximate surface area is 122 Å². The number of benzene rings is 1. The second-order valence-electron chi connectivity index (χ2n) is 5.31. The van der Waals surface area contributed by atoms with Crippen molar-refractivity contribution in [3.63, 3.8) is 0 Å². The second kappa shape index (κ2) is 5.54. The Morgan fingerprint density at radius 3 is 2.38 bits per heavy atom. The molecule has 2 heterocycles. The molecule has 0 bridgehead atoms. The Kier molecular flexibility index (Phi) is 3.58. The van der Waals surface area contributed by atoms with Gasteiger partial charge in [0.1, 0.15) is 0 Å². The highest BCUT2D eigenvalue weighted by atomic mass is 16.2. The number of carbonyl (C=O) groups is 2. The summed E-state index contributed by atoms with van der Waals surface area (Å²) in [6.45, 7) is 1.30. The van der Waals surface area contributed by atoms with Crippen LogP contribution < -0.4 is 5.73 Å². The van der Waals surface area contributed by atoms with Gasteiger partial charge < -0.3 is 15.6 Å². The molecule has 1 aromatic carbocycles. The number of hydrogen-bond donors (Lipinski definition) is 2. The minimum atomic E-state index is -0.0570. The van der Waals surface area contributed by atoms with Crippen molar-refractivity contribution < 1.29 is 9.59 Å². The van der Waals surface area contributed by atoms with Crippen molar-refractivity contribution >= 4 is 11.7 Å². The van der Waals surface area contributed by atoms with Crippen molar-refractivity contribution in [2.24, 2.45) is 5.73 Å². The zero-order chi connectivity index (χ0) is 14.8. The average Bonchev–Trinajstić information content (AvgIpc) is 3.17. The summed E-state index contributed by atoms with van der Waals surface area (Å²) >= 11 is 0. The number of aromatic amines is 1. The van der Waals surface area contributed by atoms with Crippen molar-refractivity contribution in [3.8, 4) is 0 Å². The standard InChI is InChI=1S/C16H17N3O2/c17-14-6-8-19(10-14)16(21)12-3-1-11(2-4-12)15(20)13-5-7-18-9-13/h1-5,7,9,14,18H,6,8,10,17H2/t14-/m0/s1. The van der Waals surface area contributed by atoms with Gasteiger partial charge in [-0.05, 0) is 24.6 Å². The van der Waals surface area contributed by atoms with Crippen molar-refractivity contribution in [1.29, 1.82) is 0 Å². The van der Waals surface area contributed by atoms with E-state index in [-0.39, 0.29) is 17.7 Å². The molecule has 1 amide bonds. The van der Waals surface area contributed by atoms with Gasteiger partial charge in [0.15, 0.2) is 5.78 Å². The SMILES string of the molecule is N[C@H]1CCN(C(=O)c2ccc(C(=O)c3cc[nH]c3)cc2)C1. The van der Waals surface area contributed by atoms with Gasteiger partial charge in [-0.15, -0.1) is 0 Å². The van der Waals surface area contributed by atoms with Gasteiger partial charge in [-0.1, -0.05) is 12.1 Å². The predicted octanol–water partition coefficient (Wildman–Crippen LogP) is 1.42. The summed E-state index contributed by atoms with van der Waals surface area (Å²) in [5, 5.41) is 0. The second-order valence-corrected chi connectivity index (χ2v) is 5.31. The van der Waals surface area contributed by atoms with Crippen molar-refractivity contribution in [1.82, 2.24) is 9.88 Å². The van der Waals surface area contributed by atoms with Crippen LogP contribution >= 0.6 is 0 Å². The fourth-order valence-corrected chi connectivity index (χ4v) is 2.55. The lowest BCUT2D eigenvalue weighted by Gasteiger charge is -2.15. The molecule has 5 heteroatoms. The number of likely N-dealkylation sites (tertiary alicyclic amines) is 1. The van der Waals surface area contributed by atoms with E-state index >= 15 is 0 Å². The lowest BCUT2D eigenvalue weighted by atomic mass is 10.0. The highest BCUT2D eigenvalue weighted by Crippen LogP contribution is 2.15. The first-order valence-corrected chi connectivity index (χ1v) is 6.97. The molecule has 1 aliphatic rings. The van der Waals surface area contributed by atoms with Crippen LogP contribution in [0.5, 0.6) is 0 Å². The van der Waals surface area contributed by atoms with Gasteiger partial charge in [0.2, 0.25) is 0 Å². The third kappa shape index (κ3) is 2.73. The molecule has 0 aliphatic carbocycles. The summed E-state index contributed by atoms with van der Waals surface area (Å²) in [7, 11) is 0. The smallest absolute Gasteiger partial charge is 0.253 e. The molecule has 0 unspecified atom stereocenters. The minimum absolute atomic E-state index is 0.0245. The maximum absolute atomic E-state index is 12.3. The van der Waals surface area contributed by atoms with Gasteiger partial charge >= 0.3 is 0 Å². The number of ketones is 1. The number of carbonyl (C=O) groups excluding carboxylic acids is 2. The van der Waals surface area contributed by atoms with Crippen molar-refractivity contribution in [2.45, 2.75) is 12.5 Å². The first-order valence-electron chi connectivity index (χ1n) is 6.97. The molecule has 5 nitrogen and oxygen atoms in total. The summed E-state index contributed by atoms with van der Waals surface area (Å²) in [5.41, 5.74) is 7.59. The molecule has 2 aromatic rings. The number of nitrogens with two attached hydrogens (primary N) is 1. The van der Waals surface area contributed by atoms with E-state index in [9.17, 15) is 9.59 Å². The summed E-state index contributed by atoms with van der Waals surface area (Å²) in [5.74, 6) is -0.0814. The molecule has 1 fully saturated rings. The highest BCUT2D eigenvalue weighted by molar-refractivity contribution is 6.09. The van der Waals surface area contributed by atoms with Crippen molar-refractivity contribution in [2.75, 3.05) is 13.1 Å². The quantitative estimate of drug-likeness (QED) is 0.836. The van der Waals surface area contributed by atoms with Crippen LogP contribution in [-0.2, 0) is 0 Å². The van der Waals surface area contributed by atoms with Crippen LogP contribution in [0.3, 0.4) is 0 Å². The molecule has 1 atom stereocenters. The molecule has 0 radical (unpaired) electrons. The van der Waals surface area contributed by atoms with Gasteiger partial charge in [0, 0.05) is 48.2 Å². The third-order valence-corrected chi connectivity index (χ3v) is 3.77. The Balaban J connectivity index is 1.75. The lowest BCUT2D eigenvalue weighted by Crippen LogP contribution is -2.31. The molecule has 1 saturated heterocycles.